The second kappa shape index (κ2) is 10.9. The molecule has 1 aromatic carbocycles. The third kappa shape index (κ3) is 5.70. The molecule has 1 aliphatic rings. The van der Waals surface area contributed by atoms with E-state index < -0.39 is 0 Å². The van der Waals surface area contributed by atoms with Crippen molar-refractivity contribution >= 4 is 58.1 Å². The molecule has 0 spiro atoms. The summed E-state index contributed by atoms with van der Waals surface area (Å²) in [6.45, 7) is 0.549. The van der Waals surface area contributed by atoms with Gasteiger partial charge in [-0.3, -0.25) is 14.3 Å². The van der Waals surface area contributed by atoms with Crippen molar-refractivity contribution in [1.82, 2.24) is 20.4 Å². The highest BCUT2D eigenvalue weighted by atomic mass is 35.5. The van der Waals surface area contributed by atoms with Crippen LogP contribution in [0.25, 0.3) is 11.3 Å². The number of amides is 1. The molecule has 2 N–H and O–H groups in total. The van der Waals surface area contributed by atoms with Crippen LogP contribution in [-0.4, -0.2) is 41.1 Å². The van der Waals surface area contributed by atoms with Crippen molar-refractivity contribution in [2.75, 3.05) is 13.6 Å². The fraction of sp³-hybridized carbons (Fsp3) is 0.375. The van der Waals surface area contributed by atoms with Crippen molar-refractivity contribution in [3.8, 4) is 11.3 Å². The van der Waals surface area contributed by atoms with E-state index >= 15 is 0 Å². The van der Waals surface area contributed by atoms with Crippen LogP contribution in [0.4, 0.5) is 0 Å². The zero-order valence-corrected chi connectivity index (χ0v) is 22.1. The van der Waals surface area contributed by atoms with Gasteiger partial charge >= 0.3 is 0 Å². The lowest BCUT2D eigenvalue weighted by molar-refractivity contribution is -0.121. The number of aryl methyl sites for hydroxylation is 1. The van der Waals surface area contributed by atoms with Crippen LogP contribution >= 0.6 is 46.4 Å². The van der Waals surface area contributed by atoms with Crippen molar-refractivity contribution in [2.45, 2.75) is 31.2 Å². The molecule has 1 amide bonds. The molecule has 0 saturated carbocycles. The van der Waals surface area contributed by atoms with Gasteiger partial charge in [0.05, 0.1) is 32.5 Å². The van der Waals surface area contributed by atoms with Crippen molar-refractivity contribution < 1.29 is 14.0 Å². The highest BCUT2D eigenvalue weighted by Crippen LogP contribution is 2.40. The fourth-order valence-electron chi connectivity index (χ4n) is 4.61. The first-order valence-corrected chi connectivity index (χ1v) is 12.6. The maximum Gasteiger partial charge on any atom is 0.221 e. The van der Waals surface area contributed by atoms with Gasteiger partial charge in [-0.15, -0.1) is 0 Å². The number of carbonyl (C=O) groups is 2. The molecule has 11 heteroatoms. The SMILES string of the molecule is CNC(=O)CC1C[C@@H](c2ccc(Cl)c(Cl)c2)[C@H](CC(=O)c2cc(-c3c(Cl)cnn3C)c(Cl)o2)CN1. The van der Waals surface area contributed by atoms with Gasteiger partial charge in [0.1, 0.15) is 0 Å². The number of benzene rings is 1. The van der Waals surface area contributed by atoms with E-state index in [0.29, 0.717) is 45.7 Å². The number of Topliss-reactive ketones (excluding diaryl/α,β-unsaturated/α-hetero) is 1. The number of aromatic nitrogens is 2. The number of hydrogen-bond acceptors (Lipinski definition) is 5. The Bertz CT molecular complexity index is 1240. The molecule has 3 aromatic rings. The molecular weight excluding hydrogens is 534 g/mol. The zero-order valence-electron chi connectivity index (χ0n) is 19.1. The van der Waals surface area contributed by atoms with Gasteiger partial charge in [-0.05, 0) is 60.2 Å². The van der Waals surface area contributed by atoms with Gasteiger partial charge in [-0.25, -0.2) is 0 Å². The van der Waals surface area contributed by atoms with Crippen LogP contribution in [0.5, 0.6) is 0 Å². The second-order valence-corrected chi connectivity index (χ2v) is 10.2. The molecule has 4 rings (SSSR count). The maximum absolute atomic E-state index is 13.3. The van der Waals surface area contributed by atoms with Gasteiger partial charge in [-0.2, -0.15) is 5.10 Å². The molecule has 0 aliphatic carbocycles. The molecule has 1 fully saturated rings. The number of nitrogens with one attached hydrogen (secondary N) is 2. The molecule has 2 aromatic heterocycles. The third-order valence-corrected chi connectivity index (χ3v) is 7.71. The van der Waals surface area contributed by atoms with Crippen LogP contribution in [0.1, 0.15) is 41.3 Å². The summed E-state index contributed by atoms with van der Waals surface area (Å²) in [5.74, 6) is -0.147. The molecule has 1 saturated heterocycles. The fourth-order valence-corrected chi connectivity index (χ4v) is 5.41. The number of rotatable bonds is 7. The number of halogens is 4. The van der Waals surface area contributed by atoms with Crippen LogP contribution in [0, 0.1) is 5.92 Å². The minimum Gasteiger partial charge on any atom is -0.441 e. The lowest BCUT2D eigenvalue weighted by Gasteiger charge is -2.37. The highest BCUT2D eigenvalue weighted by Gasteiger charge is 2.34. The number of ketones is 1. The van der Waals surface area contributed by atoms with Crippen LogP contribution in [0.3, 0.4) is 0 Å². The Kier molecular flexibility index (Phi) is 8.13. The van der Waals surface area contributed by atoms with Crippen LogP contribution in [0.15, 0.2) is 34.9 Å². The maximum atomic E-state index is 13.3. The molecule has 0 bridgehead atoms. The number of piperidine rings is 1. The molecule has 1 unspecified atom stereocenters. The molecule has 1 aliphatic heterocycles. The molecule has 186 valence electrons. The van der Waals surface area contributed by atoms with E-state index in [1.54, 1.807) is 30.9 Å². The number of furan rings is 1. The zero-order chi connectivity index (χ0) is 25.3. The average Bonchev–Trinajstić information content (AvgIpc) is 3.37. The first kappa shape index (κ1) is 26.0. The summed E-state index contributed by atoms with van der Waals surface area (Å²) in [6, 6.07) is 7.08. The average molecular weight is 558 g/mol. The molecular formula is C24H24Cl4N4O3. The van der Waals surface area contributed by atoms with Gasteiger partial charge in [0.25, 0.3) is 0 Å². The van der Waals surface area contributed by atoms with E-state index in [1.165, 1.54) is 6.20 Å². The van der Waals surface area contributed by atoms with Gasteiger partial charge in [0, 0.05) is 33.0 Å². The summed E-state index contributed by atoms with van der Waals surface area (Å²) in [5.41, 5.74) is 2.05. The van der Waals surface area contributed by atoms with Crippen LogP contribution in [-0.2, 0) is 11.8 Å². The second-order valence-electron chi connectivity index (χ2n) is 8.65. The monoisotopic (exact) mass is 556 g/mol. The third-order valence-electron chi connectivity index (χ3n) is 6.42. The van der Waals surface area contributed by atoms with Crippen molar-refractivity contribution in [2.24, 2.45) is 13.0 Å². The predicted molar refractivity (Wildman–Crippen MR) is 138 cm³/mol. The first-order valence-electron chi connectivity index (χ1n) is 11.1. The van der Waals surface area contributed by atoms with E-state index in [1.807, 2.05) is 12.1 Å². The van der Waals surface area contributed by atoms with Crippen LogP contribution < -0.4 is 10.6 Å². The van der Waals surface area contributed by atoms with E-state index in [0.717, 1.165) is 5.56 Å². The van der Waals surface area contributed by atoms with Gasteiger partial charge in [0.15, 0.2) is 11.5 Å². The minimum absolute atomic E-state index is 0.0129. The Morgan fingerprint density at radius 3 is 2.57 bits per heavy atom. The van der Waals surface area contributed by atoms with Gasteiger partial charge < -0.3 is 15.1 Å². The van der Waals surface area contributed by atoms with Crippen molar-refractivity contribution in [3.05, 3.63) is 62.1 Å². The summed E-state index contributed by atoms with van der Waals surface area (Å²) in [6.07, 6.45) is 2.73. The summed E-state index contributed by atoms with van der Waals surface area (Å²) in [7, 11) is 3.35. The highest BCUT2D eigenvalue weighted by molar-refractivity contribution is 6.42. The van der Waals surface area contributed by atoms with E-state index in [9.17, 15) is 9.59 Å². The van der Waals surface area contributed by atoms with Crippen molar-refractivity contribution in [3.63, 3.8) is 0 Å². The number of hydrogen-bond donors (Lipinski definition) is 2. The number of carbonyl (C=O) groups excluding carboxylic acids is 2. The Labute approximate surface area is 223 Å². The molecule has 3 heterocycles. The normalized spacial score (nSPS) is 20.1. The van der Waals surface area contributed by atoms with E-state index in [-0.39, 0.29) is 47.0 Å². The van der Waals surface area contributed by atoms with Crippen molar-refractivity contribution in [1.29, 1.82) is 0 Å². The molecule has 7 nitrogen and oxygen atoms in total. The quantitative estimate of drug-likeness (QED) is 0.360. The Hall–Kier alpha value is -2.03. The van der Waals surface area contributed by atoms with Gasteiger partial charge in [-0.1, -0.05) is 40.9 Å². The Balaban J connectivity index is 1.57. The minimum atomic E-state index is -0.182. The Morgan fingerprint density at radius 1 is 1.14 bits per heavy atom. The lowest BCUT2D eigenvalue weighted by Crippen LogP contribution is -2.45. The van der Waals surface area contributed by atoms with E-state index in [2.05, 4.69) is 15.7 Å². The van der Waals surface area contributed by atoms with Gasteiger partial charge in [0.2, 0.25) is 11.1 Å². The summed E-state index contributed by atoms with van der Waals surface area (Å²) < 4.78 is 7.19. The molecule has 0 radical (unpaired) electrons. The molecule has 35 heavy (non-hydrogen) atoms. The summed E-state index contributed by atoms with van der Waals surface area (Å²) in [5, 5.41) is 11.6. The molecule has 3 atom stereocenters. The predicted octanol–water partition coefficient (Wildman–Crippen LogP) is 5.76. The first-order chi connectivity index (χ1) is 16.7. The topological polar surface area (TPSA) is 89.2 Å². The number of nitrogens with zero attached hydrogens (tertiary/aromatic N) is 2. The van der Waals surface area contributed by atoms with E-state index in [4.69, 9.17) is 50.8 Å². The van der Waals surface area contributed by atoms with Crippen LogP contribution in [0.2, 0.25) is 20.3 Å². The smallest absolute Gasteiger partial charge is 0.221 e. The lowest BCUT2D eigenvalue weighted by atomic mass is 9.75. The largest absolute Gasteiger partial charge is 0.441 e. The summed E-state index contributed by atoms with van der Waals surface area (Å²) in [4.78, 5) is 25.2. The standard InChI is InChI=1S/C24H24Cl4N4O3/c1-29-22(34)8-14-7-15(12-3-4-17(25)18(26)5-12)13(10-30-14)6-20(33)21-9-16(24(28)35-21)23-19(27)11-31-32(23)2/h3-5,9,11,13-15,30H,6-8,10H2,1-2H3,(H,29,34)/t13-,14?,15+/m1/s1. The Morgan fingerprint density at radius 2 is 1.91 bits per heavy atom. The summed E-state index contributed by atoms with van der Waals surface area (Å²) >= 11 is 25.0.